The summed E-state index contributed by atoms with van der Waals surface area (Å²) in [4.78, 5) is 19.1. The Balaban J connectivity index is 1.82. The van der Waals surface area contributed by atoms with Gasteiger partial charge in [0.15, 0.2) is 17.2 Å². The van der Waals surface area contributed by atoms with Gasteiger partial charge < -0.3 is 19.2 Å². The molecule has 0 bridgehead atoms. The molecule has 0 atom stereocenters. The van der Waals surface area contributed by atoms with Crippen molar-refractivity contribution in [3.63, 3.8) is 0 Å². The lowest BCUT2D eigenvalue weighted by molar-refractivity contribution is 0.0593. The van der Waals surface area contributed by atoms with E-state index < -0.39 is 5.97 Å². The average Bonchev–Trinajstić information content (AvgIpc) is 2.94. The summed E-state index contributed by atoms with van der Waals surface area (Å²) in [5, 5.41) is 9.91. The van der Waals surface area contributed by atoms with Crippen LogP contribution in [-0.2, 0) is 16.0 Å². The first-order valence-corrected chi connectivity index (χ1v) is 6.18. The van der Waals surface area contributed by atoms with Gasteiger partial charge in [-0.2, -0.15) is 0 Å². The number of hydrogen-bond acceptors (Lipinski definition) is 7. The predicted molar refractivity (Wildman–Crippen MR) is 73.1 cm³/mol. The average molecular weight is 286 g/mol. The largest absolute Gasteiger partial charge is 0.504 e. The molecule has 7 nitrogen and oxygen atoms in total. The third kappa shape index (κ3) is 2.66. The molecule has 1 aromatic heterocycles. The summed E-state index contributed by atoms with van der Waals surface area (Å²) < 4.78 is 15.3. The molecule has 106 valence electrons. The smallest absolute Gasteiger partial charge is 0.358 e. The molecule has 0 saturated heterocycles. The number of aromatic hydroxyl groups is 1. The lowest BCUT2D eigenvalue weighted by Gasteiger charge is -2.08. The summed E-state index contributed by atoms with van der Waals surface area (Å²) in [6.45, 7) is 0.483. The van der Waals surface area contributed by atoms with Gasteiger partial charge in [-0.25, -0.2) is 14.8 Å². The minimum absolute atomic E-state index is 0.00176. The highest BCUT2D eigenvalue weighted by Crippen LogP contribution is 2.30. The Hall–Kier alpha value is -2.61. The minimum Gasteiger partial charge on any atom is -0.504 e. The lowest BCUT2D eigenvalue weighted by Crippen LogP contribution is -2.11. The van der Waals surface area contributed by atoms with Crippen LogP contribution in [0.15, 0.2) is 24.5 Å². The zero-order valence-electron chi connectivity index (χ0n) is 11.2. The van der Waals surface area contributed by atoms with Crippen molar-refractivity contribution in [3.8, 4) is 17.4 Å². The number of ether oxygens (including phenoxy) is 2. The molecular weight excluding hydrogens is 275 g/mol. The van der Waals surface area contributed by atoms with Gasteiger partial charge in [-0.05, 0) is 23.2 Å². The molecule has 2 heterocycles. The fourth-order valence-corrected chi connectivity index (χ4v) is 1.97. The van der Waals surface area contributed by atoms with Gasteiger partial charge >= 0.3 is 13.5 Å². The third-order valence-electron chi connectivity index (χ3n) is 3.03. The van der Waals surface area contributed by atoms with E-state index in [1.165, 1.54) is 19.5 Å². The molecule has 1 aliphatic rings. The number of carbonyl (C=O) groups excluding carboxylic acids is 1. The molecule has 1 N–H and O–H groups in total. The number of phenols is 1. The zero-order valence-corrected chi connectivity index (χ0v) is 11.2. The molecule has 8 heteroatoms. The highest BCUT2D eigenvalue weighted by molar-refractivity contribution is 6.49. The number of methoxy groups -OCH3 is 1. The molecule has 0 unspecified atom stereocenters. The maximum absolute atomic E-state index is 11.2. The molecule has 3 rings (SSSR count). The van der Waals surface area contributed by atoms with Crippen molar-refractivity contribution in [3.05, 3.63) is 35.8 Å². The maximum atomic E-state index is 11.2. The molecular formula is C13H11BN2O5. The summed E-state index contributed by atoms with van der Waals surface area (Å²) in [5.41, 5.74) is 1.98. The van der Waals surface area contributed by atoms with Crippen LogP contribution in [0.5, 0.6) is 17.4 Å². The monoisotopic (exact) mass is 286 g/mol. The topological polar surface area (TPSA) is 90.8 Å². The molecule has 2 aromatic rings. The molecule has 0 spiro atoms. The van der Waals surface area contributed by atoms with Crippen molar-refractivity contribution in [2.45, 2.75) is 6.61 Å². The van der Waals surface area contributed by atoms with Crippen LogP contribution in [-0.4, -0.2) is 35.6 Å². The van der Waals surface area contributed by atoms with Gasteiger partial charge in [0.1, 0.15) is 0 Å². The highest BCUT2D eigenvalue weighted by Gasteiger charge is 2.18. The molecule has 21 heavy (non-hydrogen) atoms. The fraction of sp³-hybridized carbons (Fsp3) is 0.154. The Labute approximate surface area is 120 Å². The van der Waals surface area contributed by atoms with E-state index in [0.717, 1.165) is 11.0 Å². The van der Waals surface area contributed by atoms with Crippen molar-refractivity contribution >= 4 is 18.9 Å². The van der Waals surface area contributed by atoms with Gasteiger partial charge in [-0.15, -0.1) is 0 Å². The van der Waals surface area contributed by atoms with Crippen LogP contribution < -0.4 is 10.2 Å². The second-order valence-corrected chi connectivity index (χ2v) is 4.41. The number of esters is 1. The van der Waals surface area contributed by atoms with Crippen molar-refractivity contribution in [1.82, 2.24) is 9.97 Å². The van der Waals surface area contributed by atoms with Gasteiger partial charge in [0.25, 0.3) is 0 Å². The number of rotatable bonds is 3. The molecule has 0 radical (unpaired) electrons. The van der Waals surface area contributed by atoms with Crippen LogP contribution in [0.2, 0.25) is 0 Å². The molecule has 1 aliphatic heterocycles. The van der Waals surface area contributed by atoms with E-state index in [2.05, 4.69) is 14.7 Å². The lowest BCUT2D eigenvalue weighted by atomic mass is 9.87. The van der Waals surface area contributed by atoms with E-state index in [4.69, 9.17) is 9.39 Å². The Morgan fingerprint density at radius 3 is 2.95 bits per heavy atom. The number of fused-ring (bicyclic) bond motifs is 1. The molecule has 0 amide bonds. The molecule has 0 aliphatic carbocycles. The summed E-state index contributed by atoms with van der Waals surface area (Å²) in [5.74, 6) is -0.152. The van der Waals surface area contributed by atoms with Crippen LogP contribution in [0.1, 0.15) is 16.1 Å². The first-order chi connectivity index (χ1) is 10.2. The summed E-state index contributed by atoms with van der Waals surface area (Å²) in [6, 6.07) is 3.31. The maximum Gasteiger partial charge on any atom is 0.358 e. The molecule has 0 fully saturated rings. The van der Waals surface area contributed by atoms with Crippen molar-refractivity contribution in [2.75, 3.05) is 7.11 Å². The first kappa shape index (κ1) is 13.4. The van der Waals surface area contributed by atoms with Crippen LogP contribution in [0, 0.1) is 0 Å². The van der Waals surface area contributed by atoms with Crippen molar-refractivity contribution < 1.29 is 24.0 Å². The Morgan fingerprint density at radius 2 is 2.24 bits per heavy atom. The van der Waals surface area contributed by atoms with Gasteiger partial charge in [-0.1, -0.05) is 0 Å². The third-order valence-corrected chi connectivity index (χ3v) is 3.03. The quantitative estimate of drug-likeness (QED) is 0.639. The Morgan fingerprint density at radius 1 is 1.38 bits per heavy atom. The summed E-state index contributed by atoms with van der Waals surface area (Å²) in [7, 11) is 1.75. The van der Waals surface area contributed by atoms with Gasteiger partial charge in [0.05, 0.1) is 26.1 Å². The summed E-state index contributed by atoms with van der Waals surface area (Å²) >= 11 is 0. The first-order valence-electron chi connectivity index (χ1n) is 6.18. The van der Waals surface area contributed by atoms with Crippen LogP contribution in [0.25, 0.3) is 0 Å². The number of aromatic nitrogens is 2. The van der Waals surface area contributed by atoms with Gasteiger partial charge in [0, 0.05) is 0 Å². The van der Waals surface area contributed by atoms with Crippen molar-refractivity contribution in [2.24, 2.45) is 0 Å². The van der Waals surface area contributed by atoms with Crippen LogP contribution in [0.4, 0.5) is 0 Å². The van der Waals surface area contributed by atoms with E-state index in [-0.39, 0.29) is 23.1 Å². The molecule has 1 aromatic carbocycles. The zero-order chi connectivity index (χ0) is 14.8. The van der Waals surface area contributed by atoms with Crippen molar-refractivity contribution in [1.29, 1.82) is 0 Å². The normalized spacial score (nSPS) is 12.4. The number of hydrogen-bond donors (Lipinski definition) is 1. The Kier molecular flexibility index (Phi) is 3.45. The highest BCUT2D eigenvalue weighted by atomic mass is 16.5. The Bertz CT molecular complexity index is 690. The van der Waals surface area contributed by atoms with E-state index >= 15 is 0 Å². The van der Waals surface area contributed by atoms with Crippen LogP contribution in [0.3, 0.4) is 0 Å². The number of nitrogens with zero attached hydrogens (tertiary/aromatic N) is 2. The summed E-state index contributed by atoms with van der Waals surface area (Å²) in [6.07, 6.45) is 2.53. The second-order valence-electron chi connectivity index (χ2n) is 4.41. The van der Waals surface area contributed by atoms with E-state index in [1.54, 1.807) is 12.1 Å². The van der Waals surface area contributed by atoms with Gasteiger partial charge in [0.2, 0.25) is 5.88 Å². The minimum atomic E-state index is -0.577. The van der Waals surface area contributed by atoms with Crippen LogP contribution >= 0.6 is 0 Å². The number of carbonyl (C=O) groups is 1. The van der Waals surface area contributed by atoms with E-state index in [1.807, 2.05) is 0 Å². The standard InChI is InChI=1S/C13H11BN2O5/c1-19-13(18)9-4-16-12(5-15-9)21-11-3-8-7(2-10(11)17)6-20-14-8/h2-5,14,17H,6H2,1H3. The number of benzene rings is 1. The van der Waals surface area contributed by atoms with E-state index in [9.17, 15) is 9.90 Å². The fourth-order valence-electron chi connectivity index (χ4n) is 1.97. The number of phenolic OH excluding ortho intramolecular Hbond substituents is 1. The van der Waals surface area contributed by atoms with E-state index in [0.29, 0.717) is 14.1 Å². The predicted octanol–water partition coefficient (Wildman–Crippen LogP) is 0.268. The van der Waals surface area contributed by atoms with Gasteiger partial charge in [-0.3, -0.25) is 0 Å². The SMILES string of the molecule is COC(=O)c1cnc(Oc2cc3c(cc2O)COB3)cn1. The molecule has 0 saturated carbocycles. The second kappa shape index (κ2) is 5.41.